The van der Waals surface area contributed by atoms with Crippen molar-refractivity contribution in [3.63, 3.8) is 0 Å². The average molecular weight is 288 g/mol. The smallest absolute Gasteiger partial charge is 0.253 e. The van der Waals surface area contributed by atoms with Crippen molar-refractivity contribution >= 4 is 5.91 Å². The highest BCUT2D eigenvalue weighted by Gasteiger charge is 2.33. The number of rotatable bonds is 5. The quantitative estimate of drug-likeness (QED) is 0.904. The molecule has 1 aromatic carbocycles. The Balaban J connectivity index is 2.03. The summed E-state index contributed by atoms with van der Waals surface area (Å²) in [6.45, 7) is 6.95. The molecule has 3 heteroatoms. The molecule has 1 saturated heterocycles. The largest absolute Gasteiger partial charge is 0.339 e. The molecule has 0 bridgehead atoms. The number of piperidine rings is 1. The van der Waals surface area contributed by atoms with E-state index < -0.39 is 0 Å². The third-order valence-corrected chi connectivity index (χ3v) is 5.22. The van der Waals surface area contributed by atoms with Crippen LogP contribution >= 0.6 is 0 Å². The molecular formula is C18H28N2O. The molecule has 3 nitrogen and oxygen atoms in total. The molecule has 2 N–H and O–H groups in total. The molecule has 0 radical (unpaired) electrons. The SMILES string of the molecule is CCC1(CC)CCN(C(=O)c2cccc(CCN)c2)CC1. The Morgan fingerprint density at radius 3 is 2.48 bits per heavy atom. The summed E-state index contributed by atoms with van der Waals surface area (Å²) in [4.78, 5) is 14.7. The Kier molecular flexibility index (Phi) is 5.40. The first-order chi connectivity index (χ1) is 10.1. The molecule has 1 heterocycles. The normalized spacial score (nSPS) is 17.8. The van der Waals surface area contributed by atoms with Gasteiger partial charge in [0.15, 0.2) is 0 Å². The number of benzene rings is 1. The van der Waals surface area contributed by atoms with Crippen LogP contribution in [0.15, 0.2) is 24.3 Å². The Morgan fingerprint density at radius 1 is 1.24 bits per heavy atom. The van der Waals surface area contributed by atoms with E-state index in [9.17, 15) is 4.79 Å². The maximum absolute atomic E-state index is 12.6. The van der Waals surface area contributed by atoms with Crippen molar-refractivity contribution in [1.82, 2.24) is 4.90 Å². The molecule has 1 fully saturated rings. The van der Waals surface area contributed by atoms with Crippen molar-refractivity contribution < 1.29 is 4.79 Å². The van der Waals surface area contributed by atoms with E-state index in [1.807, 2.05) is 29.2 Å². The Labute approximate surface area is 128 Å². The molecule has 0 saturated carbocycles. The topological polar surface area (TPSA) is 46.3 Å². The number of hydrogen-bond donors (Lipinski definition) is 1. The average Bonchev–Trinajstić information content (AvgIpc) is 2.55. The van der Waals surface area contributed by atoms with Crippen molar-refractivity contribution in [2.24, 2.45) is 11.1 Å². The first-order valence-electron chi connectivity index (χ1n) is 8.22. The third-order valence-electron chi connectivity index (χ3n) is 5.22. The summed E-state index contributed by atoms with van der Waals surface area (Å²) in [5, 5.41) is 0. The van der Waals surface area contributed by atoms with Crippen LogP contribution in [0.2, 0.25) is 0 Å². The van der Waals surface area contributed by atoms with E-state index in [1.165, 1.54) is 12.8 Å². The second-order valence-electron chi connectivity index (χ2n) is 6.24. The lowest BCUT2D eigenvalue weighted by molar-refractivity contribution is 0.0557. The minimum absolute atomic E-state index is 0.176. The van der Waals surface area contributed by atoms with Gasteiger partial charge in [-0.3, -0.25) is 4.79 Å². The summed E-state index contributed by atoms with van der Waals surface area (Å²) >= 11 is 0. The number of nitrogens with two attached hydrogens (primary N) is 1. The molecule has 116 valence electrons. The molecule has 0 aliphatic carbocycles. The fourth-order valence-electron chi connectivity index (χ4n) is 3.35. The molecule has 1 aliphatic rings. The molecule has 1 amide bonds. The molecule has 1 aromatic rings. The van der Waals surface area contributed by atoms with Crippen molar-refractivity contribution in [3.05, 3.63) is 35.4 Å². The van der Waals surface area contributed by atoms with E-state index in [0.717, 1.165) is 43.5 Å². The van der Waals surface area contributed by atoms with E-state index in [2.05, 4.69) is 13.8 Å². The van der Waals surface area contributed by atoms with Gasteiger partial charge in [0.2, 0.25) is 0 Å². The van der Waals surface area contributed by atoms with Gasteiger partial charge in [-0.15, -0.1) is 0 Å². The van der Waals surface area contributed by atoms with Gasteiger partial charge in [-0.25, -0.2) is 0 Å². The van der Waals surface area contributed by atoms with Crippen LogP contribution in [-0.2, 0) is 6.42 Å². The molecule has 0 unspecified atom stereocenters. The lowest BCUT2D eigenvalue weighted by atomic mass is 9.74. The summed E-state index contributed by atoms with van der Waals surface area (Å²) in [7, 11) is 0. The molecule has 21 heavy (non-hydrogen) atoms. The van der Waals surface area contributed by atoms with E-state index >= 15 is 0 Å². The van der Waals surface area contributed by atoms with Crippen LogP contribution in [0.25, 0.3) is 0 Å². The minimum Gasteiger partial charge on any atom is -0.339 e. The highest BCUT2D eigenvalue weighted by Crippen LogP contribution is 2.38. The Bertz CT molecular complexity index is 470. The van der Waals surface area contributed by atoms with E-state index in [-0.39, 0.29) is 5.91 Å². The summed E-state index contributed by atoms with van der Waals surface area (Å²) < 4.78 is 0. The van der Waals surface area contributed by atoms with Gasteiger partial charge in [-0.2, -0.15) is 0 Å². The van der Waals surface area contributed by atoms with Crippen LogP contribution in [0.3, 0.4) is 0 Å². The Morgan fingerprint density at radius 2 is 1.90 bits per heavy atom. The van der Waals surface area contributed by atoms with Gasteiger partial charge in [0.1, 0.15) is 0 Å². The first kappa shape index (κ1) is 16.0. The summed E-state index contributed by atoms with van der Waals surface area (Å²) in [5.41, 5.74) is 8.01. The number of carbonyl (C=O) groups is 1. The van der Waals surface area contributed by atoms with Crippen molar-refractivity contribution in [2.75, 3.05) is 19.6 Å². The summed E-state index contributed by atoms with van der Waals surface area (Å²) in [6.07, 6.45) is 5.54. The van der Waals surface area contributed by atoms with Crippen molar-refractivity contribution in [3.8, 4) is 0 Å². The predicted octanol–water partition coefficient (Wildman–Crippen LogP) is 3.23. The van der Waals surface area contributed by atoms with Crippen LogP contribution in [0.5, 0.6) is 0 Å². The number of hydrogen-bond acceptors (Lipinski definition) is 2. The van der Waals surface area contributed by atoms with Gasteiger partial charge in [0.25, 0.3) is 5.91 Å². The van der Waals surface area contributed by atoms with Crippen LogP contribution < -0.4 is 5.73 Å². The highest BCUT2D eigenvalue weighted by atomic mass is 16.2. The monoisotopic (exact) mass is 288 g/mol. The first-order valence-corrected chi connectivity index (χ1v) is 8.22. The number of nitrogens with zero attached hydrogens (tertiary/aromatic N) is 1. The molecule has 2 rings (SSSR count). The van der Waals surface area contributed by atoms with Gasteiger partial charge >= 0.3 is 0 Å². The standard InChI is InChI=1S/C18H28N2O/c1-3-18(4-2)9-12-20(13-10-18)17(21)16-7-5-6-15(14-16)8-11-19/h5-7,14H,3-4,8-13,19H2,1-2H3. The molecule has 0 atom stereocenters. The number of amides is 1. The van der Waals surface area contributed by atoms with Gasteiger partial charge in [0, 0.05) is 18.7 Å². The molecule has 0 aromatic heterocycles. The highest BCUT2D eigenvalue weighted by molar-refractivity contribution is 5.94. The van der Waals surface area contributed by atoms with E-state index in [4.69, 9.17) is 5.73 Å². The summed E-state index contributed by atoms with van der Waals surface area (Å²) in [5.74, 6) is 0.176. The zero-order chi connectivity index (χ0) is 15.3. The van der Waals surface area contributed by atoms with Crippen LogP contribution in [0.4, 0.5) is 0 Å². The van der Waals surface area contributed by atoms with Crippen molar-refractivity contribution in [1.29, 1.82) is 0 Å². The second-order valence-corrected chi connectivity index (χ2v) is 6.24. The lowest BCUT2D eigenvalue weighted by Gasteiger charge is -2.41. The van der Waals surface area contributed by atoms with E-state index in [1.54, 1.807) is 0 Å². The van der Waals surface area contributed by atoms with Crippen LogP contribution in [0.1, 0.15) is 55.5 Å². The van der Waals surface area contributed by atoms with Gasteiger partial charge in [-0.1, -0.05) is 38.8 Å². The van der Waals surface area contributed by atoms with Crippen LogP contribution in [-0.4, -0.2) is 30.4 Å². The maximum Gasteiger partial charge on any atom is 0.253 e. The van der Waals surface area contributed by atoms with Gasteiger partial charge < -0.3 is 10.6 Å². The Hall–Kier alpha value is -1.35. The molecule has 0 spiro atoms. The van der Waals surface area contributed by atoms with Gasteiger partial charge in [-0.05, 0) is 48.9 Å². The third kappa shape index (κ3) is 3.65. The molecule has 1 aliphatic heterocycles. The van der Waals surface area contributed by atoms with Gasteiger partial charge in [0.05, 0.1) is 0 Å². The molecular weight excluding hydrogens is 260 g/mol. The maximum atomic E-state index is 12.6. The number of likely N-dealkylation sites (tertiary alicyclic amines) is 1. The fraction of sp³-hybridized carbons (Fsp3) is 0.611. The lowest BCUT2D eigenvalue weighted by Crippen LogP contribution is -2.42. The van der Waals surface area contributed by atoms with Crippen LogP contribution in [0, 0.1) is 5.41 Å². The summed E-state index contributed by atoms with van der Waals surface area (Å²) in [6, 6.07) is 7.92. The van der Waals surface area contributed by atoms with Crippen molar-refractivity contribution in [2.45, 2.75) is 46.0 Å². The zero-order valence-electron chi connectivity index (χ0n) is 13.4. The minimum atomic E-state index is 0.176. The fourth-order valence-corrected chi connectivity index (χ4v) is 3.35. The zero-order valence-corrected chi connectivity index (χ0v) is 13.4. The predicted molar refractivity (Wildman–Crippen MR) is 87.4 cm³/mol. The second kappa shape index (κ2) is 7.08. The number of carbonyl (C=O) groups excluding carboxylic acids is 1. The van der Waals surface area contributed by atoms with E-state index in [0.29, 0.717) is 12.0 Å².